The fraction of sp³-hybridized carbons (Fsp3) is 0.455. The van der Waals surface area contributed by atoms with E-state index in [1.165, 1.54) is 6.20 Å². The van der Waals surface area contributed by atoms with Crippen molar-refractivity contribution in [2.24, 2.45) is 5.92 Å². The molecule has 0 aliphatic heterocycles. The Kier molecular flexibility index (Phi) is 4.62. The number of thioether (sulfide) groups is 1. The van der Waals surface area contributed by atoms with Crippen molar-refractivity contribution in [3.05, 3.63) is 24.0 Å². The van der Waals surface area contributed by atoms with Gasteiger partial charge in [-0.15, -0.1) is 11.8 Å². The van der Waals surface area contributed by atoms with Crippen molar-refractivity contribution in [1.29, 1.82) is 0 Å². The van der Waals surface area contributed by atoms with Crippen molar-refractivity contribution in [2.75, 3.05) is 5.75 Å². The van der Waals surface area contributed by atoms with Crippen LogP contribution >= 0.6 is 11.8 Å². The van der Waals surface area contributed by atoms with E-state index < -0.39 is 5.97 Å². The molecule has 0 aliphatic carbocycles. The highest BCUT2D eigenvalue weighted by Crippen LogP contribution is 2.23. The number of carboxylic acid groups (broad SMARTS) is 1. The number of aromatic carboxylic acids is 1. The van der Waals surface area contributed by atoms with Gasteiger partial charge in [-0.25, -0.2) is 4.79 Å². The molecule has 0 saturated heterocycles. The average Bonchev–Trinajstić information content (AvgIpc) is 2.17. The zero-order valence-electron chi connectivity index (χ0n) is 8.93. The molecule has 0 aliphatic rings. The third-order valence-electron chi connectivity index (χ3n) is 1.96. The summed E-state index contributed by atoms with van der Waals surface area (Å²) in [6, 6.07) is 1.76. The first-order chi connectivity index (χ1) is 7.11. The molecule has 0 bridgehead atoms. The van der Waals surface area contributed by atoms with E-state index in [1.807, 2.05) is 0 Å². The van der Waals surface area contributed by atoms with E-state index in [0.29, 0.717) is 11.5 Å². The molecule has 82 valence electrons. The summed E-state index contributed by atoms with van der Waals surface area (Å²) in [7, 11) is 0. The molecule has 0 spiro atoms. The highest BCUT2D eigenvalue weighted by Gasteiger charge is 2.09. The molecule has 1 rings (SSSR count). The smallest absolute Gasteiger partial charge is 0.338 e. The Morgan fingerprint density at radius 3 is 2.93 bits per heavy atom. The molecular weight excluding hydrogens is 210 g/mol. The van der Waals surface area contributed by atoms with Crippen LogP contribution in [0.15, 0.2) is 23.4 Å². The third kappa shape index (κ3) is 3.91. The molecular formula is C11H15NO2S. The number of pyridine rings is 1. The highest BCUT2D eigenvalue weighted by atomic mass is 32.2. The molecule has 0 atom stereocenters. The zero-order valence-corrected chi connectivity index (χ0v) is 9.75. The molecule has 4 heteroatoms. The number of nitrogens with zero attached hydrogens (tertiary/aromatic N) is 1. The number of aromatic nitrogens is 1. The first-order valence-electron chi connectivity index (χ1n) is 4.91. The van der Waals surface area contributed by atoms with E-state index in [0.717, 1.165) is 17.1 Å². The van der Waals surface area contributed by atoms with Crippen LogP contribution in [0.25, 0.3) is 0 Å². The Labute approximate surface area is 93.9 Å². The summed E-state index contributed by atoms with van der Waals surface area (Å²) in [5, 5.41) is 8.92. The number of hydrogen-bond acceptors (Lipinski definition) is 3. The quantitative estimate of drug-likeness (QED) is 0.783. The van der Waals surface area contributed by atoms with Crippen molar-refractivity contribution in [1.82, 2.24) is 4.98 Å². The van der Waals surface area contributed by atoms with E-state index >= 15 is 0 Å². The lowest BCUT2D eigenvalue weighted by Gasteiger charge is -2.06. The van der Waals surface area contributed by atoms with Gasteiger partial charge in [0.15, 0.2) is 0 Å². The maximum atomic E-state index is 10.9. The topological polar surface area (TPSA) is 50.2 Å². The molecule has 3 nitrogen and oxygen atoms in total. The van der Waals surface area contributed by atoms with Crippen LogP contribution in [0.3, 0.4) is 0 Å². The van der Waals surface area contributed by atoms with Crippen molar-refractivity contribution >= 4 is 17.7 Å². The Bertz CT molecular complexity index is 339. The SMILES string of the molecule is CC(C)CCSc1ccncc1C(=O)O. The summed E-state index contributed by atoms with van der Waals surface area (Å²) in [5.41, 5.74) is 0.297. The molecule has 0 aromatic carbocycles. The summed E-state index contributed by atoms with van der Waals surface area (Å²) >= 11 is 1.58. The fourth-order valence-corrected chi connectivity index (χ4v) is 2.33. The van der Waals surface area contributed by atoms with Gasteiger partial charge < -0.3 is 5.11 Å². The average molecular weight is 225 g/mol. The molecule has 1 aromatic rings. The molecule has 0 unspecified atom stereocenters. The lowest BCUT2D eigenvalue weighted by atomic mass is 10.2. The largest absolute Gasteiger partial charge is 0.478 e. The summed E-state index contributed by atoms with van der Waals surface area (Å²) in [6.07, 6.45) is 4.12. The van der Waals surface area contributed by atoms with Crippen molar-refractivity contribution in [3.63, 3.8) is 0 Å². The molecule has 15 heavy (non-hydrogen) atoms. The predicted molar refractivity (Wildman–Crippen MR) is 61.4 cm³/mol. The van der Waals surface area contributed by atoms with Gasteiger partial charge in [0.25, 0.3) is 0 Å². The van der Waals surface area contributed by atoms with E-state index in [9.17, 15) is 4.79 Å². The minimum absolute atomic E-state index is 0.297. The van der Waals surface area contributed by atoms with E-state index in [1.54, 1.807) is 24.0 Å². The fourth-order valence-electron chi connectivity index (χ4n) is 1.07. The van der Waals surface area contributed by atoms with Gasteiger partial charge in [0.1, 0.15) is 0 Å². The predicted octanol–water partition coefficient (Wildman–Crippen LogP) is 2.92. The molecule has 1 N–H and O–H groups in total. The van der Waals surface area contributed by atoms with Gasteiger partial charge >= 0.3 is 5.97 Å². The zero-order chi connectivity index (χ0) is 11.3. The van der Waals surface area contributed by atoms with Crippen molar-refractivity contribution in [3.8, 4) is 0 Å². The van der Waals surface area contributed by atoms with Crippen LogP contribution in [0.2, 0.25) is 0 Å². The van der Waals surface area contributed by atoms with Gasteiger partial charge in [-0.2, -0.15) is 0 Å². The summed E-state index contributed by atoms with van der Waals surface area (Å²) < 4.78 is 0. The van der Waals surface area contributed by atoms with Gasteiger partial charge in [-0.3, -0.25) is 4.98 Å². The summed E-state index contributed by atoms with van der Waals surface area (Å²) in [6.45, 7) is 4.32. The number of carboxylic acids is 1. The molecule has 0 saturated carbocycles. The number of carbonyl (C=O) groups is 1. The van der Waals surface area contributed by atoms with E-state index in [-0.39, 0.29) is 0 Å². The lowest BCUT2D eigenvalue weighted by Crippen LogP contribution is -2.00. The van der Waals surface area contributed by atoms with Crippen molar-refractivity contribution in [2.45, 2.75) is 25.2 Å². The molecule has 0 amide bonds. The van der Waals surface area contributed by atoms with E-state index in [4.69, 9.17) is 5.11 Å². The monoisotopic (exact) mass is 225 g/mol. The Morgan fingerprint density at radius 1 is 1.60 bits per heavy atom. The van der Waals surface area contributed by atoms with Gasteiger partial charge in [0.2, 0.25) is 0 Å². The van der Waals surface area contributed by atoms with E-state index in [2.05, 4.69) is 18.8 Å². The van der Waals surface area contributed by atoms with Gasteiger partial charge in [-0.05, 0) is 24.2 Å². The molecule has 1 aromatic heterocycles. The molecule has 0 fully saturated rings. The first-order valence-corrected chi connectivity index (χ1v) is 5.90. The second-order valence-electron chi connectivity index (χ2n) is 3.71. The van der Waals surface area contributed by atoms with Gasteiger partial charge in [-0.1, -0.05) is 13.8 Å². The second kappa shape index (κ2) is 5.75. The maximum Gasteiger partial charge on any atom is 0.338 e. The number of rotatable bonds is 5. The second-order valence-corrected chi connectivity index (χ2v) is 4.84. The standard InChI is InChI=1S/C11H15NO2S/c1-8(2)4-6-15-10-3-5-12-7-9(10)11(13)14/h3,5,7-8H,4,6H2,1-2H3,(H,13,14). The summed E-state index contributed by atoms with van der Waals surface area (Å²) in [4.78, 5) is 15.5. The molecule has 0 radical (unpaired) electrons. The Balaban J connectivity index is 2.63. The number of hydrogen-bond donors (Lipinski definition) is 1. The van der Waals surface area contributed by atoms with Crippen LogP contribution in [-0.4, -0.2) is 21.8 Å². The lowest BCUT2D eigenvalue weighted by molar-refractivity contribution is 0.0692. The van der Waals surface area contributed by atoms with Crippen LogP contribution in [0.1, 0.15) is 30.6 Å². The normalized spacial score (nSPS) is 10.6. The Morgan fingerprint density at radius 2 is 2.33 bits per heavy atom. The van der Waals surface area contributed by atoms with Crippen LogP contribution in [0, 0.1) is 5.92 Å². The maximum absolute atomic E-state index is 10.9. The summed E-state index contributed by atoms with van der Waals surface area (Å²) in [5.74, 6) is 0.685. The van der Waals surface area contributed by atoms with Crippen LogP contribution in [0.4, 0.5) is 0 Å². The Hall–Kier alpha value is -1.03. The highest BCUT2D eigenvalue weighted by molar-refractivity contribution is 7.99. The third-order valence-corrected chi connectivity index (χ3v) is 3.07. The minimum Gasteiger partial charge on any atom is -0.478 e. The van der Waals surface area contributed by atoms with Crippen LogP contribution in [-0.2, 0) is 0 Å². The van der Waals surface area contributed by atoms with Gasteiger partial charge in [0.05, 0.1) is 5.56 Å². The minimum atomic E-state index is -0.907. The molecule has 1 heterocycles. The first kappa shape index (κ1) is 12.0. The van der Waals surface area contributed by atoms with Crippen molar-refractivity contribution < 1.29 is 9.90 Å². The van der Waals surface area contributed by atoms with Crippen LogP contribution in [0.5, 0.6) is 0 Å². The van der Waals surface area contributed by atoms with Crippen LogP contribution < -0.4 is 0 Å². The van der Waals surface area contributed by atoms with Gasteiger partial charge in [0, 0.05) is 17.3 Å².